The molecule has 23 heavy (non-hydrogen) atoms. The van der Waals surface area contributed by atoms with Crippen LogP contribution in [0.1, 0.15) is 17.7 Å². The second-order valence-electron chi connectivity index (χ2n) is 5.41. The van der Waals surface area contributed by atoms with Gasteiger partial charge in [0.2, 0.25) is 11.8 Å². The Labute approximate surface area is 133 Å². The van der Waals surface area contributed by atoms with Gasteiger partial charge in [-0.25, -0.2) is 4.39 Å². The van der Waals surface area contributed by atoms with Crippen molar-refractivity contribution in [2.45, 2.75) is 19.3 Å². The lowest BCUT2D eigenvalue weighted by atomic mass is 10.0. The van der Waals surface area contributed by atoms with Crippen LogP contribution in [0, 0.1) is 5.82 Å². The van der Waals surface area contributed by atoms with Crippen LogP contribution in [0.2, 0.25) is 0 Å². The number of para-hydroxylation sites is 1. The SMILES string of the molecule is O=C(CN1C(=O)CCc2cccc(F)c21)NCCc1ccco1. The highest BCUT2D eigenvalue weighted by Crippen LogP contribution is 2.30. The first kappa shape index (κ1) is 15.3. The van der Waals surface area contributed by atoms with Crippen LogP contribution in [0.3, 0.4) is 0 Å². The number of nitrogens with one attached hydrogen (secondary N) is 1. The van der Waals surface area contributed by atoms with Crippen molar-refractivity contribution in [1.82, 2.24) is 5.32 Å². The Hall–Kier alpha value is -2.63. The third kappa shape index (κ3) is 3.41. The Morgan fingerprint density at radius 2 is 2.13 bits per heavy atom. The number of carbonyl (C=O) groups is 2. The fraction of sp³-hybridized carbons (Fsp3) is 0.294. The summed E-state index contributed by atoms with van der Waals surface area (Å²) in [4.78, 5) is 25.4. The number of hydrogen-bond donors (Lipinski definition) is 1. The van der Waals surface area contributed by atoms with Gasteiger partial charge in [-0.05, 0) is 30.2 Å². The quantitative estimate of drug-likeness (QED) is 0.918. The van der Waals surface area contributed by atoms with E-state index in [4.69, 9.17) is 4.42 Å². The molecule has 1 aliphatic heterocycles. The number of fused-ring (bicyclic) bond motifs is 1. The summed E-state index contributed by atoms with van der Waals surface area (Å²) in [6.45, 7) is 0.226. The van der Waals surface area contributed by atoms with Crippen molar-refractivity contribution in [3.05, 3.63) is 53.7 Å². The highest BCUT2D eigenvalue weighted by Gasteiger charge is 2.28. The summed E-state index contributed by atoms with van der Waals surface area (Å²) in [5.74, 6) is -0.250. The van der Waals surface area contributed by atoms with Gasteiger partial charge in [0.25, 0.3) is 0 Å². The number of aryl methyl sites for hydroxylation is 1. The minimum Gasteiger partial charge on any atom is -0.469 e. The Morgan fingerprint density at radius 1 is 1.26 bits per heavy atom. The van der Waals surface area contributed by atoms with Gasteiger partial charge >= 0.3 is 0 Å². The number of hydrogen-bond acceptors (Lipinski definition) is 3. The molecular weight excluding hydrogens is 299 g/mol. The van der Waals surface area contributed by atoms with Crippen LogP contribution in [0.15, 0.2) is 41.0 Å². The summed E-state index contributed by atoms with van der Waals surface area (Å²) < 4.78 is 19.2. The van der Waals surface area contributed by atoms with E-state index in [-0.39, 0.29) is 30.5 Å². The molecule has 1 N–H and O–H groups in total. The zero-order valence-electron chi connectivity index (χ0n) is 12.5. The Kier molecular flexibility index (Phi) is 4.41. The minimum absolute atomic E-state index is 0.176. The predicted octanol–water partition coefficient (Wildman–Crippen LogP) is 2.06. The summed E-state index contributed by atoms with van der Waals surface area (Å²) in [6, 6.07) is 8.31. The first-order chi connectivity index (χ1) is 11.1. The molecular formula is C17H17FN2O3. The Bertz CT molecular complexity index is 713. The van der Waals surface area contributed by atoms with Crippen molar-refractivity contribution < 1.29 is 18.4 Å². The smallest absolute Gasteiger partial charge is 0.240 e. The van der Waals surface area contributed by atoms with E-state index < -0.39 is 5.82 Å². The average molecular weight is 316 g/mol. The Balaban J connectivity index is 1.63. The minimum atomic E-state index is -0.473. The van der Waals surface area contributed by atoms with E-state index >= 15 is 0 Å². The van der Waals surface area contributed by atoms with Crippen LogP contribution in [-0.4, -0.2) is 24.9 Å². The molecule has 0 saturated carbocycles. The number of rotatable bonds is 5. The van der Waals surface area contributed by atoms with E-state index in [1.165, 1.54) is 11.0 Å². The number of benzene rings is 1. The van der Waals surface area contributed by atoms with Gasteiger partial charge in [0.05, 0.1) is 12.0 Å². The number of furan rings is 1. The number of carbonyl (C=O) groups excluding carboxylic acids is 2. The lowest BCUT2D eigenvalue weighted by molar-refractivity contribution is -0.124. The zero-order valence-corrected chi connectivity index (χ0v) is 12.5. The van der Waals surface area contributed by atoms with Crippen molar-refractivity contribution >= 4 is 17.5 Å². The molecule has 0 radical (unpaired) electrons. The average Bonchev–Trinajstić information content (AvgIpc) is 3.04. The van der Waals surface area contributed by atoms with E-state index in [1.807, 2.05) is 6.07 Å². The monoisotopic (exact) mass is 316 g/mol. The molecule has 0 unspecified atom stereocenters. The molecule has 6 heteroatoms. The number of halogens is 1. The van der Waals surface area contributed by atoms with Gasteiger partial charge in [-0.3, -0.25) is 14.5 Å². The fourth-order valence-electron chi connectivity index (χ4n) is 2.71. The lowest BCUT2D eigenvalue weighted by Gasteiger charge is -2.29. The number of anilines is 1. The maximum absolute atomic E-state index is 14.0. The van der Waals surface area contributed by atoms with Crippen LogP contribution in [0.25, 0.3) is 0 Å². The van der Waals surface area contributed by atoms with Crippen molar-refractivity contribution in [2.24, 2.45) is 0 Å². The number of nitrogens with zero attached hydrogens (tertiary/aromatic N) is 1. The molecule has 0 spiro atoms. The van der Waals surface area contributed by atoms with E-state index in [0.29, 0.717) is 19.4 Å². The molecule has 0 bridgehead atoms. The molecule has 1 aliphatic rings. The normalized spacial score (nSPS) is 13.8. The summed E-state index contributed by atoms with van der Waals surface area (Å²) in [5, 5.41) is 2.72. The third-order valence-corrected chi connectivity index (χ3v) is 3.82. The van der Waals surface area contributed by atoms with Crippen LogP contribution in [0.5, 0.6) is 0 Å². The van der Waals surface area contributed by atoms with Gasteiger partial charge in [0.15, 0.2) is 0 Å². The lowest BCUT2D eigenvalue weighted by Crippen LogP contribution is -2.44. The van der Waals surface area contributed by atoms with Crippen LogP contribution < -0.4 is 10.2 Å². The molecule has 0 fully saturated rings. The first-order valence-electron chi connectivity index (χ1n) is 7.52. The molecule has 120 valence electrons. The highest BCUT2D eigenvalue weighted by atomic mass is 19.1. The topological polar surface area (TPSA) is 62.6 Å². The van der Waals surface area contributed by atoms with Crippen molar-refractivity contribution in [2.75, 3.05) is 18.0 Å². The van der Waals surface area contributed by atoms with Crippen LogP contribution in [-0.2, 0) is 22.4 Å². The largest absolute Gasteiger partial charge is 0.469 e. The molecule has 1 aromatic heterocycles. The molecule has 0 saturated heterocycles. The van der Waals surface area contributed by atoms with E-state index in [1.54, 1.807) is 24.5 Å². The second-order valence-corrected chi connectivity index (χ2v) is 5.41. The fourth-order valence-corrected chi connectivity index (χ4v) is 2.71. The van der Waals surface area contributed by atoms with Crippen molar-refractivity contribution in [1.29, 1.82) is 0 Å². The first-order valence-corrected chi connectivity index (χ1v) is 7.52. The maximum atomic E-state index is 14.0. The third-order valence-electron chi connectivity index (χ3n) is 3.82. The van der Waals surface area contributed by atoms with Gasteiger partial charge in [0.1, 0.15) is 18.1 Å². The van der Waals surface area contributed by atoms with Gasteiger partial charge in [-0.2, -0.15) is 0 Å². The van der Waals surface area contributed by atoms with Crippen LogP contribution in [0.4, 0.5) is 10.1 Å². The standard InChI is InChI=1S/C17H17FN2O3/c18-14-5-1-3-12-6-7-16(22)20(17(12)14)11-15(21)19-9-8-13-4-2-10-23-13/h1-5,10H,6-9,11H2,(H,19,21). The molecule has 0 atom stereocenters. The van der Waals surface area contributed by atoms with Gasteiger partial charge in [-0.1, -0.05) is 12.1 Å². The summed E-state index contributed by atoms with van der Waals surface area (Å²) in [6.07, 6.45) is 2.93. The second kappa shape index (κ2) is 6.64. The Morgan fingerprint density at radius 3 is 2.91 bits per heavy atom. The molecule has 0 aliphatic carbocycles. The van der Waals surface area contributed by atoms with Crippen molar-refractivity contribution in [3.8, 4) is 0 Å². The van der Waals surface area contributed by atoms with Gasteiger partial charge in [-0.15, -0.1) is 0 Å². The van der Waals surface area contributed by atoms with E-state index in [2.05, 4.69) is 5.32 Å². The van der Waals surface area contributed by atoms with E-state index in [0.717, 1.165) is 11.3 Å². The molecule has 2 aromatic rings. The van der Waals surface area contributed by atoms with E-state index in [9.17, 15) is 14.0 Å². The van der Waals surface area contributed by atoms with Crippen molar-refractivity contribution in [3.63, 3.8) is 0 Å². The molecule has 2 heterocycles. The zero-order chi connectivity index (χ0) is 16.2. The highest BCUT2D eigenvalue weighted by molar-refractivity contribution is 6.01. The van der Waals surface area contributed by atoms with Crippen LogP contribution >= 0.6 is 0 Å². The molecule has 3 rings (SSSR count). The summed E-state index contributed by atoms with van der Waals surface area (Å²) in [7, 11) is 0. The number of amides is 2. The molecule has 5 nitrogen and oxygen atoms in total. The maximum Gasteiger partial charge on any atom is 0.240 e. The molecule has 1 aromatic carbocycles. The van der Waals surface area contributed by atoms with Gasteiger partial charge < -0.3 is 9.73 Å². The van der Waals surface area contributed by atoms with Gasteiger partial charge in [0, 0.05) is 19.4 Å². The predicted molar refractivity (Wildman–Crippen MR) is 82.5 cm³/mol. The summed E-state index contributed by atoms with van der Waals surface area (Å²) >= 11 is 0. The molecule has 2 amide bonds. The summed E-state index contributed by atoms with van der Waals surface area (Å²) in [5.41, 5.74) is 0.984.